The maximum atomic E-state index is 4.33. The molecule has 0 fully saturated rings. The summed E-state index contributed by atoms with van der Waals surface area (Å²) in [6, 6.07) is 6.72. The molecule has 0 aliphatic carbocycles. The van der Waals surface area contributed by atoms with Crippen LogP contribution in [0.4, 0.5) is 0 Å². The molecule has 1 aromatic carbocycles. The number of hydrogen-bond donors (Lipinski definition) is 0. The average Bonchev–Trinajstić information content (AvgIpc) is 2.86. The lowest BCUT2D eigenvalue weighted by molar-refractivity contribution is 0.312. The fraction of sp³-hybridized carbons (Fsp3) is 0.263. The van der Waals surface area contributed by atoms with E-state index >= 15 is 0 Å². The maximum absolute atomic E-state index is 4.33. The normalized spacial score (nSPS) is 15.4. The van der Waals surface area contributed by atoms with E-state index in [1.807, 2.05) is 6.08 Å². The van der Waals surface area contributed by atoms with Gasteiger partial charge in [-0.1, -0.05) is 11.6 Å². The van der Waals surface area contributed by atoms with Crippen molar-refractivity contribution in [3.05, 3.63) is 59.3 Å². The Kier molecular flexibility index (Phi) is 3.46. The molecule has 0 bridgehead atoms. The smallest absolute Gasteiger partial charge is 0.0827 e. The summed E-state index contributed by atoms with van der Waals surface area (Å²) in [6.45, 7) is 4.27. The first kappa shape index (κ1) is 14.2. The zero-order chi connectivity index (χ0) is 15.8. The van der Waals surface area contributed by atoms with E-state index in [1.165, 1.54) is 27.7 Å². The second-order valence-electron chi connectivity index (χ2n) is 6.25. The highest BCUT2D eigenvalue weighted by Gasteiger charge is 2.21. The van der Waals surface area contributed by atoms with E-state index in [4.69, 9.17) is 0 Å². The second kappa shape index (κ2) is 5.63. The number of nitrogens with zero attached hydrogens (tertiary/aromatic N) is 4. The first-order valence-electron chi connectivity index (χ1n) is 7.97. The van der Waals surface area contributed by atoms with E-state index in [1.54, 1.807) is 18.6 Å². The molecule has 0 unspecified atom stereocenters. The number of hydrogen-bond acceptors (Lipinski definition) is 3. The van der Waals surface area contributed by atoms with Crippen LogP contribution < -0.4 is 0 Å². The Hall–Kier alpha value is -2.46. The summed E-state index contributed by atoms with van der Waals surface area (Å²) in [7, 11) is 2.19. The molecule has 3 aromatic rings. The molecule has 4 heteroatoms. The molecule has 116 valence electrons. The third-order valence-electron chi connectivity index (χ3n) is 4.51. The Morgan fingerprint density at radius 2 is 2.13 bits per heavy atom. The molecular formula is C19H20N4. The molecule has 0 amide bonds. The van der Waals surface area contributed by atoms with Crippen LogP contribution in [0.5, 0.6) is 0 Å². The van der Waals surface area contributed by atoms with Crippen LogP contribution >= 0.6 is 0 Å². The predicted octanol–water partition coefficient (Wildman–Crippen LogP) is 3.36. The Morgan fingerprint density at radius 3 is 2.96 bits per heavy atom. The van der Waals surface area contributed by atoms with Crippen LogP contribution in [-0.4, -0.2) is 33.0 Å². The highest BCUT2D eigenvalue weighted by molar-refractivity contribution is 5.89. The highest BCUT2D eigenvalue weighted by Crippen LogP contribution is 2.31. The van der Waals surface area contributed by atoms with Crippen molar-refractivity contribution in [1.82, 2.24) is 19.4 Å². The van der Waals surface area contributed by atoms with Crippen molar-refractivity contribution in [1.29, 1.82) is 0 Å². The molecule has 3 heterocycles. The van der Waals surface area contributed by atoms with Crippen molar-refractivity contribution in [2.75, 3.05) is 13.6 Å². The quantitative estimate of drug-likeness (QED) is 0.728. The van der Waals surface area contributed by atoms with Crippen LogP contribution in [0, 0.1) is 6.92 Å². The SMILES string of the molecule is Cc1ccc2c(c1)c1c(n2/C=C/c2cnccn2)CCN(C)C1. The van der Waals surface area contributed by atoms with E-state index in [2.05, 4.69) is 57.8 Å². The molecule has 0 atom stereocenters. The van der Waals surface area contributed by atoms with Gasteiger partial charge in [0.15, 0.2) is 0 Å². The zero-order valence-electron chi connectivity index (χ0n) is 13.5. The molecule has 0 N–H and O–H groups in total. The van der Waals surface area contributed by atoms with Gasteiger partial charge in [-0.2, -0.15) is 0 Å². The third-order valence-corrected chi connectivity index (χ3v) is 4.51. The van der Waals surface area contributed by atoms with Gasteiger partial charge in [0, 0.05) is 49.2 Å². The lowest BCUT2D eigenvalue weighted by Gasteiger charge is -2.23. The van der Waals surface area contributed by atoms with Gasteiger partial charge < -0.3 is 9.47 Å². The topological polar surface area (TPSA) is 34.0 Å². The fourth-order valence-electron chi connectivity index (χ4n) is 3.36. The molecule has 0 saturated heterocycles. The summed E-state index contributed by atoms with van der Waals surface area (Å²) >= 11 is 0. The molecule has 2 aromatic heterocycles. The Bertz CT molecular complexity index is 877. The second-order valence-corrected chi connectivity index (χ2v) is 6.25. The number of aromatic nitrogens is 3. The van der Waals surface area contributed by atoms with Crippen molar-refractivity contribution >= 4 is 23.2 Å². The van der Waals surface area contributed by atoms with Crippen molar-refractivity contribution in [2.45, 2.75) is 19.9 Å². The monoisotopic (exact) mass is 304 g/mol. The molecule has 4 nitrogen and oxygen atoms in total. The largest absolute Gasteiger partial charge is 0.320 e. The summed E-state index contributed by atoms with van der Waals surface area (Å²) in [5, 5.41) is 1.37. The first-order valence-corrected chi connectivity index (χ1v) is 7.97. The van der Waals surface area contributed by atoms with Crippen molar-refractivity contribution < 1.29 is 0 Å². The summed E-state index contributed by atoms with van der Waals surface area (Å²) in [6.07, 6.45) is 10.4. The van der Waals surface area contributed by atoms with Crippen LogP contribution in [0.3, 0.4) is 0 Å². The summed E-state index contributed by atoms with van der Waals surface area (Å²) in [4.78, 5) is 10.8. The van der Waals surface area contributed by atoms with Crippen LogP contribution in [0.15, 0.2) is 36.8 Å². The van der Waals surface area contributed by atoms with Gasteiger partial charge in [-0.15, -0.1) is 0 Å². The van der Waals surface area contributed by atoms with Crippen molar-refractivity contribution in [2.24, 2.45) is 0 Å². The third kappa shape index (κ3) is 2.55. The number of likely N-dealkylation sites (N-methyl/N-ethyl adjacent to an activating group) is 1. The van der Waals surface area contributed by atoms with E-state index in [9.17, 15) is 0 Å². The van der Waals surface area contributed by atoms with Gasteiger partial charge in [0.1, 0.15) is 0 Å². The summed E-state index contributed by atoms with van der Waals surface area (Å²) in [5.74, 6) is 0. The maximum Gasteiger partial charge on any atom is 0.0827 e. The molecule has 1 aliphatic rings. The lowest BCUT2D eigenvalue weighted by atomic mass is 10.0. The Balaban J connectivity index is 1.87. The van der Waals surface area contributed by atoms with Gasteiger partial charge in [0.05, 0.1) is 17.4 Å². The van der Waals surface area contributed by atoms with Gasteiger partial charge in [-0.25, -0.2) is 0 Å². The van der Waals surface area contributed by atoms with Gasteiger partial charge in [-0.3, -0.25) is 9.97 Å². The number of benzene rings is 1. The number of rotatable bonds is 2. The number of aryl methyl sites for hydroxylation is 1. The lowest BCUT2D eigenvalue weighted by Crippen LogP contribution is -2.26. The molecule has 0 radical (unpaired) electrons. The Labute approximate surface area is 136 Å². The van der Waals surface area contributed by atoms with E-state index in [-0.39, 0.29) is 0 Å². The summed E-state index contributed by atoms with van der Waals surface area (Å²) < 4.78 is 2.33. The molecular weight excluding hydrogens is 284 g/mol. The predicted molar refractivity (Wildman–Crippen MR) is 94.0 cm³/mol. The van der Waals surface area contributed by atoms with E-state index in [0.29, 0.717) is 0 Å². The highest BCUT2D eigenvalue weighted by atomic mass is 15.1. The standard InChI is InChI=1S/C19H20N4/c1-14-3-4-18-16(11-14)17-13-22(2)9-6-19(17)23(18)10-5-15-12-20-7-8-21-15/h3-5,7-8,10-12H,6,9,13H2,1-2H3/b10-5+. The minimum Gasteiger partial charge on any atom is -0.320 e. The minimum atomic E-state index is 0.878. The van der Waals surface area contributed by atoms with Gasteiger partial charge in [0.2, 0.25) is 0 Å². The molecule has 0 spiro atoms. The van der Waals surface area contributed by atoms with Gasteiger partial charge in [-0.05, 0) is 37.7 Å². The Morgan fingerprint density at radius 1 is 1.22 bits per heavy atom. The molecule has 1 aliphatic heterocycles. The summed E-state index contributed by atoms with van der Waals surface area (Å²) in [5.41, 5.74) is 6.34. The first-order chi connectivity index (χ1) is 11.2. The average molecular weight is 304 g/mol. The minimum absolute atomic E-state index is 0.878. The van der Waals surface area contributed by atoms with Crippen LogP contribution in [0.2, 0.25) is 0 Å². The number of fused-ring (bicyclic) bond motifs is 3. The van der Waals surface area contributed by atoms with Crippen molar-refractivity contribution in [3.8, 4) is 0 Å². The molecule has 23 heavy (non-hydrogen) atoms. The van der Waals surface area contributed by atoms with E-state index < -0.39 is 0 Å². The molecule has 0 saturated carbocycles. The van der Waals surface area contributed by atoms with E-state index in [0.717, 1.165) is 25.2 Å². The van der Waals surface area contributed by atoms with Crippen LogP contribution in [0.1, 0.15) is 22.5 Å². The molecule has 4 rings (SSSR count). The fourth-order valence-corrected chi connectivity index (χ4v) is 3.36. The van der Waals surface area contributed by atoms with Crippen molar-refractivity contribution in [3.63, 3.8) is 0 Å². The zero-order valence-corrected chi connectivity index (χ0v) is 13.5. The van der Waals surface area contributed by atoms with Crippen LogP contribution in [-0.2, 0) is 13.0 Å². The van der Waals surface area contributed by atoms with Crippen LogP contribution in [0.25, 0.3) is 23.2 Å². The van der Waals surface area contributed by atoms with Gasteiger partial charge in [0.25, 0.3) is 0 Å². The van der Waals surface area contributed by atoms with Gasteiger partial charge >= 0.3 is 0 Å².